The largest absolute Gasteiger partial charge is 0.481 e. The lowest BCUT2D eigenvalue weighted by atomic mass is 10.1. The smallest absolute Gasteiger partial charge is 0.260 e. The summed E-state index contributed by atoms with van der Waals surface area (Å²) in [5.74, 6) is 1.13. The molecule has 0 aliphatic carbocycles. The Morgan fingerprint density at radius 3 is 3.17 bits per heavy atom. The Kier molecular flexibility index (Phi) is 4.98. The summed E-state index contributed by atoms with van der Waals surface area (Å²) in [7, 11) is 1.94. The van der Waals surface area contributed by atoms with E-state index in [-0.39, 0.29) is 12.5 Å². The van der Waals surface area contributed by atoms with Gasteiger partial charge >= 0.3 is 0 Å². The SMILES string of the molecule is CNC[C@@H]1CCN(C(=O)COc2ccc(Cl)c3cccnc23)C1. The van der Waals surface area contributed by atoms with Crippen LogP contribution >= 0.6 is 11.6 Å². The molecule has 1 saturated heterocycles. The first-order valence-corrected chi connectivity index (χ1v) is 8.15. The minimum Gasteiger partial charge on any atom is -0.481 e. The number of hydrogen-bond donors (Lipinski definition) is 1. The Labute approximate surface area is 140 Å². The molecule has 1 amide bonds. The molecule has 23 heavy (non-hydrogen) atoms. The Balaban J connectivity index is 1.65. The van der Waals surface area contributed by atoms with Gasteiger partial charge in [-0.05, 0) is 50.2 Å². The molecule has 6 heteroatoms. The van der Waals surface area contributed by atoms with Crippen molar-refractivity contribution in [1.82, 2.24) is 15.2 Å². The molecule has 1 aliphatic rings. The van der Waals surface area contributed by atoms with Crippen molar-refractivity contribution < 1.29 is 9.53 Å². The van der Waals surface area contributed by atoms with E-state index in [0.29, 0.717) is 22.2 Å². The van der Waals surface area contributed by atoms with Gasteiger partial charge in [0.05, 0.1) is 5.02 Å². The maximum atomic E-state index is 12.3. The average Bonchev–Trinajstić information content (AvgIpc) is 3.03. The van der Waals surface area contributed by atoms with Gasteiger partial charge in [-0.3, -0.25) is 9.78 Å². The number of aromatic nitrogens is 1. The van der Waals surface area contributed by atoms with Gasteiger partial charge in [0.1, 0.15) is 11.3 Å². The summed E-state index contributed by atoms with van der Waals surface area (Å²) in [6.07, 6.45) is 2.73. The molecular formula is C17H20ClN3O2. The number of pyridine rings is 1. The molecule has 0 radical (unpaired) electrons. The van der Waals surface area contributed by atoms with Gasteiger partial charge in [0.2, 0.25) is 0 Å². The molecule has 2 heterocycles. The fourth-order valence-corrected chi connectivity index (χ4v) is 3.19. The number of likely N-dealkylation sites (tertiary alicyclic amines) is 1. The van der Waals surface area contributed by atoms with Crippen LogP contribution in [-0.2, 0) is 4.79 Å². The van der Waals surface area contributed by atoms with Crippen LogP contribution in [0.25, 0.3) is 10.9 Å². The van der Waals surface area contributed by atoms with Gasteiger partial charge in [0, 0.05) is 24.7 Å². The lowest BCUT2D eigenvalue weighted by Crippen LogP contribution is -2.34. The van der Waals surface area contributed by atoms with Crippen molar-refractivity contribution in [2.24, 2.45) is 5.92 Å². The van der Waals surface area contributed by atoms with Crippen molar-refractivity contribution >= 4 is 28.4 Å². The van der Waals surface area contributed by atoms with E-state index < -0.39 is 0 Å². The third-order valence-electron chi connectivity index (χ3n) is 4.16. The number of ether oxygens (including phenoxy) is 1. The molecule has 5 nitrogen and oxygen atoms in total. The van der Waals surface area contributed by atoms with Crippen molar-refractivity contribution in [2.75, 3.05) is 33.3 Å². The highest BCUT2D eigenvalue weighted by atomic mass is 35.5. The molecule has 122 valence electrons. The lowest BCUT2D eigenvalue weighted by Gasteiger charge is -2.17. The number of halogens is 1. The molecule has 1 aliphatic heterocycles. The zero-order valence-electron chi connectivity index (χ0n) is 13.1. The molecule has 1 aromatic carbocycles. The highest BCUT2D eigenvalue weighted by molar-refractivity contribution is 6.35. The summed E-state index contributed by atoms with van der Waals surface area (Å²) < 4.78 is 5.72. The van der Waals surface area contributed by atoms with Crippen molar-refractivity contribution in [2.45, 2.75) is 6.42 Å². The van der Waals surface area contributed by atoms with Crippen LogP contribution in [0.5, 0.6) is 5.75 Å². The Hall–Kier alpha value is -1.85. The summed E-state index contributed by atoms with van der Waals surface area (Å²) >= 11 is 6.16. The summed E-state index contributed by atoms with van der Waals surface area (Å²) in [5, 5.41) is 4.62. The van der Waals surface area contributed by atoms with E-state index in [4.69, 9.17) is 16.3 Å². The highest BCUT2D eigenvalue weighted by Crippen LogP contribution is 2.29. The zero-order chi connectivity index (χ0) is 16.2. The fourth-order valence-electron chi connectivity index (χ4n) is 2.97. The number of rotatable bonds is 5. The first kappa shape index (κ1) is 16.0. The first-order valence-electron chi connectivity index (χ1n) is 7.77. The van der Waals surface area contributed by atoms with Crippen molar-refractivity contribution in [3.8, 4) is 5.75 Å². The van der Waals surface area contributed by atoms with Gasteiger partial charge in [0.25, 0.3) is 5.91 Å². The Morgan fingerprint density at radius 1 is 1.48 bits per heavy atom. The number of amides is 1. The number of carbonyl (C=O) groups is 1. The molecular weight excluding hydrogens is 314 g/mol. The maximum Gasteiger partial charge on any atom is 0.260 e. The molecule has 1 N–H and O–H groups in total. The number of hydrogen-bond acceptors (Lipinski definition) is 4. The van der Waals surface area contributed by atoms with Crippen LogP contribution in [0.15, 0.2) is 30.5 Å². The van der Waals surface area contributed by atoms with Crippen LogP contribution in [0.1, 0.15) is 6.42 Å². The van der Waals surface area contributed by atoms with Crippen LogP contribution in [0, 0.1) is 5.92 Å². The lowest BCUT2D eigenvalue weighted by molar-refractivity contribution is -0.132. The molecule has 1 aromatic heterocycles. The van der Waals surface area contributed by atoms with Gasteiger partial charge in [-0.2, -0.15) is 0 Å². The van der Waals surface area contributed by atoms with E-state index in [1.807, 2.05) is 24.1 Å². The molecule has 0 saturated carbocycles. The number of nitrogens with zero attached hydrogens (tertiary/aromatic N) is 2. The Bertz CT molecular complexity index is 707. The van der Waals surface area contributed by atoms with Crippen LogP contribution < -0.4 is 10.1 Å². The first-order chi connectivity index (χ1) is 11.2. The van der Waals surface area contributed by atoms with Gasteiger partial charge in [-0.15, -0.1) is 0 Å². The molecule has 0 spiro atoms. The number of benzene rings is 1. The van der Waals surface area contributed by atoms with Gasteiger partial charge in [0.15, 0.2) is 6.61 Å². The third-order valence-corrected chi connectivity index (χ3v) is 4.49. The van der Waals surface area contributed by atoms with Crippen LogP contribution in [-0.4, -0.2) is 49.1 Å². The monoisotopic (exact) mass is 333 g/mol. The topological polar surface area (TPSA) is 54.5 Å². The number of nitrogens with one attached hydrogen (secondary N) is 1. The van der Waals surface area contributed by atoms with E-state index in [9.17, 15) is 4.79 Å². The van der Waals surface area contributed by atoms with E-state index >= 15 is 0 Å². The predicted octanol–water partition coefficient (Wildman–Crippen LogP) is 2.33. The average molecular weight is 334 g/mol. The molecule has 0 unspecified atom stereocenters. The molecule has 0 bridgehead atoms. The molecule has 3 rings (SSSR count). The predicted molar refractivity (Wildman–Crippen MR) is 90.9 cm³/mol. The second-order valence-corrected chi connectivity index (χ2v) is 6.19. The summed E-state index contributed by atoms with van der Waals surface area (Å²) in [6.45, 7) is 2.56. The van der Waals surface area contributed by atoms with Crippen molar-refractivity contribution in [3.63, 3.8) is 0 Å². The molecule has 2 aromatic rings. The standard InChI is InChI=1S/C17H20ClN3O2/c1-19-9-12-6-8-21(10-12)16(22)11-23-15-5-4-14(18)13-3-2-7-20-17(13)15/h2-5,7,12,19H,6,8-11H2,1H3/t12-/m0/s1. The summed E-state index contributed by atoms with van der Waals surface area (Å²) in [5.41, 5.74) is 0.683. The molecule has 1 atom stereocenters. The van der Waals surface area contributed by atoms with E-state index in [1.54, 1.807) is 18.3 Å². The molecule has 1 fully saturated rings. The third kappa shape index (κ3) is 3.57. The minimum atomic E-state index is 0.0163. The van der Waals surface area contributed by atoms with Gasteiger partial charge < -0.3 is 15.0 Å². The quantitative estimate of drug-likeness (QED) is 0.912. The normalized spacial score (nSPS) is 17.7. The van der Waals surface area contributed by atoms with E-state index in [2.05, 4.69) is 10.3 Å². The Morgan fingerprint density at radius 2 is 2.35 bits per heavy atom. The zero-order valence-corrected chi connectivity index (χ0v) is 13.8. The maximum absolute atomic E-state index is 12.3. The highest BCUT2D eigenvalue weighted by Gasteiger charge is 2.25. The second-order valence-electron chi connectivity index (χ2n) is 5.79. The van der Waals surface area contributed by atoms with Crippen molar-refractivity contribution in [1.29, 1.82) is 0 Å². The number of fused-ring (bicyclic) bond motifs is 1. The summed E-state index contributed by atoms with van der Waals surface area (Å²) in [6, 6.07) is 7.25. The van der Waals surface area contributed by atoms with Crippen LogP contribution in [0.3, 0.4) is 0 Å². The van der Waals surface area contributed by atoms with Crippen molar-refractivity contribution in [3.05, 3.63) is 35.5 Å². The summed E-state index contributed by atoms with van der Waals surface area (Å²) in [4.78, 5) is 18.5. The minimum absolute atomic E-state index is 0.0163. The van der Waals surface area contributed by atoms with Gasteiger partial charge in [-0.25, -0.2) is 0 Å². The number of carbonyl (C=O) groups excluding carboxylic acids is 1. The fraction of sp³-hybridized carbons (Fsp3) is 0.412. The van der Waals surface area contributed by atoms with Gasteiger partial charge in [-0.1, -0.05) is 11.6 Å². The second kappa shape index (κ2) is 7.15. The van der Waals surface area contributed by atoms with E-state index in [0.717, 1.165) is 31.4 Å². The van der Waals surface area contributed by atoms with Crippen LogP contribution in [0.2, 0.25) is 5.02 Å². The van der Waals surface area contributed by atoms with E-state index in [1.165, 1.54) is 0 Å². The van der Waals surface area contributed by atoms with Crippen LogP contribution in [0.4, 0.5) is 0 Å².